The third-order valence-electron chi connectivity index (χ3n) is 3.59. The molecule has 2 aromatic rings. The molecule has 0 saturated heterocycles. The molecule has 0 bridgehead atoms. The lowest BCUT2D eigenvalue weighted by atomic mass is 10.1. The molecule has 0 radical (unpaired) electrons. The van der Waals surface area contributed by atoms with E-state index >= 15 is 0 Å². The van der Waals surface area contributed by atoms with Gasteiger partial charge in [0.25, 0.3) is 0 Å². The van der Waals surface area contributed by atoms with Crippen LogP contribution in [0.4, 0.5) is 0 Å². The molecular weight excluding hydrogens is 368 g/mol. The first-order valence-electron chi connectivity index (χ1n) is 7.84. The van der Waals surface area contributed by atoms with Gasteiger partial charge in [-0.1, -0.05) is 18.2 Å². The summed E-state index contributed by atoms with van der Waals surface area (Å²) in [6.45, 7) is 0. The van der Waals surface area contributed by atoms with Gasteiger partial charge in [-0.3, -0.25) is 4.79 Å². The number of methoxy groups -OCH3 is 1. The average molecular weight is 388 g/mol. The highest BCUT2D eigenvalue weighted by Gasteiger charge is 2.09. The third-order valence-corrected chi connectivity index (χ3v) is 5.28. The molecule has 0 spiro atoms. The van der Waals surface area contributed by atoms with E-state index in [0.29, 0.717) is 17.1 Å². The Morgan fingerprint density at radius 3 is 2.50 bits per heavy atom. The number of carbonyl (C=O) groups is 2. The van der Waals surface area contributed by atoms with Crippen molar-refractivity contribution in [2.24, 2.45) is 0 Å². The highest BCUT2D eigenvalue weighted by atomic mass is 32.2. The van der Waals surface area contributed by atoms with Crippen LogP contribution in [-0.2, 0) is 10.5 Å². The fourth-order valence-corrected chi connectivity index (χ4v) is 3.39. The van der Waals surface area contributed by atoms with Crippen LogP contribution in [0.1, 0.15) is 21.5 Å². The molecule has 0 amide bonds. The second-order valence-corrected chi connectivity index (χ2v) is 7.23. The first-order chi connectivity index (χ1) is 12.5. The lowest BCUT2D eigenvalue weighted by molar-refractivity contribution is -0.301. The van der Waals surface area contributed by atoms with Crippen molar-refractivity contribution in [2.45, 2.75) is 10.6 Å². The van der Waals surface area contributed by atoms with Crippen molar-refractivity contribution >= 4 is 41.4 Å². The van der Waals surface area contributed by atoms with Gasteiger partial charge >= 0.3 is 0 Å². The lowest BCUT2D eigenvalue weighted by Crippen LogP contribution is -2.24. The van der Waals surface area contributed by atoms with E-state index < -0.39 is 5.97 Å². The first-order valence-corrected chi connectivity index (χ1v) is 10.2. The molecular formula is C20H19O4S2-. The lowest BCUT2D eigenvalue weighted by Gasteiger charge is -2.10. The smallest absolute Gasteiger partial charge is 0.185 e. The number of carboxylic acid groups (broad SMARTS) is 1. The van der Waals surface area contributed by atoms with Crippen molar-refractivity contribution in [1.82, 2.24) is 0 Å². The summed E-state index contributed by atoms with van der Waals surface area (Å²) >= 11 is 2.87. The Kier molecular flexibility index (Phi) is 7.81. The highest BCUT2D eigenvalue weighted by molar-refractivity contribution is 7.99. The number of aliphatic carboxylic acids is 1. The topological polar surface area (TPSA) is 66.4 Å². The summed E-state index contributed by atoms with van der Waals surface area (Å²) < 4.78 is 5.28. The van der Waals surface area contributed by atoms with Crippen LogP contribution in [-0.4, -0.2) is 30.9 Å². The van der Waals surface area contributed by atoms with Gasteiger partial charge in [-0.05, 0) is 48.2 Å². The minimum absolute atomic E-state index is 0.104. The summed E-state index contributed by atoms with van der Waals surface area (Å²) in [5.74, 6) is -0.279. The Morgan fingerprint density at radius 2 is 1.88 bits per heavy atom. The van der Waals surface area contributed by atoms with Crippen molar-refractivity contribution in [1.29, 1.82) is 0 Å². The van der Waals surface area contributed by atoms with Crippen LogP contribution in [0, 0.1) is 0 Å². The SMILES string of the molecule is COc1ccc(C(=O)/C=C/c2ccc(SC)cc2)cc1CSCC(=O)[O-]. The van der Waals surface area contributed by atoms with Gasteiger partial charge in [-0.15, -0.1) is 11.8 Å². The van der Waals surface area contributed by atoms with Gasteiger partial charge in [0, 0.05) is 27.5 Å². The molecule has 26 heavy (non-hydrogen) atoms. The van der Waals surface area contributed by atoms with E-state index in [-0.39, 0.29) is 11.5 Å². The standard InChI is InChI=1S/C20H20O4S2/c1-24-19-10-6-15(11-16(19)12-26-13-20(22)23)18(21)9-5-14-3-7-17(25-2)8-4-14/h3-11H,12-13H2,1-2H3,(H,22,23)/p-1/b9-5+. The molecule has 2 aromatic carbocycles. The number of carbonyl (C=O) groups excluding carboxylic acids is 2. The van der Waals surface area contributed by atoms with Crippen LogP contribution in [0.15, 0.2) is 53.4 Å². The number of thioether (sulfide) groups is 2. The number of ketones is 1. The normalized spacial score (nSPS) is 10.8. The number of allylic oxidation sites excluding steroid dienone is 1. The minimum atomic E-state index is -1.11. The van der Waals surface area contributed by atoms with Crippen molar-refractivity contribution in [2.75, 3.05) is 19.1 Å². The second-order valence-electron chi connectivity index (χ2n) is 5.36. The molecule has 0 heterocycles. The Balaban J connectivity index is 2.11. The molecule has 136 valence electrons. The van der Waals surface area contributed by atoms with Crippen LogP contribution in [0.25, 0.3) is 6.08 Å². The predicted octanol–water partition coefficient (Wildman–Crippen LogP) is 3.30. The van der Waals surface area contributed by atoms with Gasteiger partial charge in [0.05, 0.1) is 13.1 Å². The summed E-state index contributed by atoms with van der Waals surface area (Å²) in [7, 11) is 1.54. The highest BCUT2D eigenvalue weighted by Crippen LogP contribution is 2.25. The minimum Gasteiger partial charge on any atom is -0.549 e. The zero-order chi connectivity index (χ0) is 18.9. The Morgan fingerprint density at radius 1 is 1.15 bits per heavy atom. The molecule has 6 heteroatoms. The van der Waals surface area contributed by atoms with Crippen LogP contribution in [0.2, 0.25) is 0 Å². The Hall–Kier alpha value is -2.18. The van der Waals surface area contributed by atoms with Gasteiger partial charge in [0.2, 0.25) is 0 Å². The molecule has 0 fully saturated rings. The molecule has 0 unspecified atom stereocenters. The molecule has 0 aliphatic rings. The molecule has 4 nitrogen and oxygen atoms in total. The maximum absolute atomic E-state index is 12.4. The maximum atomic E-state index is 12.4. The van der Waals surface area contributed by atoms with Gasteiger partial charge in [0.1, 0.15) is 5.75 Å². The number of carboxylic acids is 1. The summed E-state index contributed by atoms with van der Waals surface area (Å²) in [5, 5.41) is 10.6. The van der Waals surface area contributed by atoms with E-state index in [1.54, 1.807) is 43.1 Å². The number of hydrogen-bond donors (Lipinski definition) is 0. The number of hydrogen-bond acceptors (Lipinski definition) is 6. The van der Waals surface area contributed by atoms with Crippen LogP contribution in [0.5, 0.6) is 5.75 Å². The van der Waals surface area contributed by atoms with Crippen molar-refractivity contribution in [3.8, 4) is 5.75 Å². The van der Waals surface area contributed by atoms with Crippen LogP contribution >= 0.6 is 23.5 Å². The van der Waals surface area contributed by atoms with Gasteiger partial charge in [-0.25, -0.2) is 0 Å². The first kappa shape index (κ1) is 20.1. The number of rotatable bonds is 9. The fourth-order valence-electron chi connectivity index (χ4n) is 2.27. The van der Waals surface area contributed by atoms with E-state index in [9.17, 15) is 14.7 Å². The quantitative estimate of drug-likeness (QED) is 0.374. The van der Waals surface area contributed by atoms with Crippen LogP contribution in [0.3, 0.4) is 0 Å². The van der Waals surface area contributed by atoms with Crippen molar-refractivity contribution < 1.29 is 19.4 Å². The molecule has 2 rings (SSSR count). The van der Waals surface area contributed by atoms with Crippen LogP contribution < -0.4 is 9.84 Å². The third kappa shape index (κ3) is 5.97. The molecule has 0 N–H and O–H groups in total. The van der Waals surface area contributed by atoms with E-state index in [0.717, 1.165) is 11.1 Å². The molecule has 0 aromatic heterocycles. The van der Waals surface area contributed by atoms with E-state index in [4.69, 9.17) is 4.74 Å². The Labute approximate surface area is 161 Å². The largest absolute Gasteiger partial charge is 0.549 e. The Bertz CT molecular complexity index is 798. The molecule has 0 saturated carbocycles. The summed E-state index contributed by atoms with van der Waals surface area (Å²) in [6, 6.07) is 13.1. The summed E-state index contributed by atoms with van der Waals surface area (Å²) in [4.78, 5) is 24.2. The molecule has 0 aliphatic carbocycles. The van der Waals surface area contributed by atoms with Gasteiger partial charge in [-0.2, -0.15) is 11.8 Å². The predicted molar refractivity (Wildman–Crippen MR) is 106 cm³/mol. The maximum Gasteiger partial charge on any atom is 0.185 e. The monoisotopic (exact) mass is 387 g/mol. The zero-order valence-electron chi connectivity index (χ0n) is 14.6. The zero-order valence-corrected chi connectivity index (χ0v) is 16.2. The fraction of sp³-hybridized carbons (Fsp3) is 0.200. The number of ether oxygens (including phenoxy) is 1. The van der Waals surface area contributed by atoms with Crippen molar-refractivity contribution in [3.63, 3.8) is 0 Å². The van der Waals surface area contributed by atoms with Gasteiger partial charge in [0.15, 0.2) is 5.78 Å². The van der Waals surface area contributed by atoms with Gasteiger partial charge < -0.3 is 14.6 Å². The average Bonchev–Trinajstić information content (AvgIpc) is 2.66. The molecule has 0 atom stereocenters. The van der Waals surface area contributed by atoms with E-state index in [1.165, 1.54) is 22.7 Å². The summed E-state index contributed by atoms with van der Waals surface area (Å²) in [5.41, 5.74) is 2.27. The van der Waals surface area contributed by atoms with E-state index in [1.807, 2.05) is 30.5 Å². The summed E-state index contributed by atoms with van der Waals surface area (Å²) in [6.07, 6.45) is 5.33. The van der Waals surface area contributed by atoms with Crippen molar-refractivity contribution in [3.05, 3.63) is 65.2 Å². The second kappa shape index (κ2) is 10.1. The molecule has 0 aliphatic heterocycles. The number of benzene rings is 2. The van der Waals surface area contributed by atoms with E-state index in [2.05, 4.69) is 0 Å².